The molecule has 0 aliphatic heterocycles. The van der Waals surface area contributed by atoms with Crippen LogP contribution in [0.25, 0.3) is 22.4 Å². The van der Waals surface area contributed by atoms with Gasteiger partial charge in [-0.15, -0.1) is 0 Å². The average molecular weight is 396 g/mol. The van der Waals surface area contributed by atoms with Crippen LogP contribution < -0.4 is 15.6 Å². The molecule has 0 radical (unpaired) electrons. The predicted molar refractivity (Wildman–Crippen MR) is 88.3 cm³/mol. The van der Waals surface area contributed by atoms with Crippen LogP contribution in [0.15, 0.2) is 24.9 Å². The largest absolute Gasteiger partial charge is 0.405 e. The molecule has 4 N–H and O–H groups in total. The van der Waals surface area contributed by atoms with Crippen LogP contribution in [0.1, 0.15) is 12.8 Å². The monoisotopic (exact) mass is 396 g/mol. The van der Waals surface area contributed by atoms with E-state index in [4.69, 9.17) is 0 Å². The second-order valence-electron chi connectivity index (χ2n) is 6.43. The van der Waals surface area contributed by atoms with Crippen LogP contribution in [0.5, 0.6) is 0 Å². The molecule has 0 saturated heterocycles. The summed E-state index contributed by atoms with van der Waals surface area (Å²) in [6, 6.07) is 0. The number of rotatable bonds is 5. The van der Waals surface area contributed by atoms with Crippen molar-refractivity contribution in [2.24, 2.45) is 0 Å². The summed E-state index contributed by atoms with van der Waals surface area (Å²) in [6.07, 6.45) is 1.69. The van der Waals surface area contributed by atoms with E-state index in [1.165, 1.54) is 6.33 Å². The number of nitrogens with zero attached hydrogens (tertiary/aromatic N) is 3. The minimum absolute atomic E-state index is 0.169. The summed E-state index contributed by atoms with van der Waals surface area (Å²) in [6.45, 7) is -1.45. The first-order chi connectivity index (χ1) is 13.3. The molecule has 12 heteroatoms. The van der Waals surface area contributed by atoms with Crippen molar-refractivity contribution in [3.8, 4) is 11.4 Å². The summed E-state index contributed by atoms with van der Waals surface area (Å²) in [5, 5.41) is 5.14. The number of carbonyl (C=O) groups is 1. The zero-order chi connectivity index (χ0) is 19.9. The molecule has 4 rings (SSSR count). The Hall–Kier alpha value is -3.31. The predicted octanol–water partition coefficient (Wildman–Crippen LogP) is 1.60. The highest BCUT2D eigenvalue weighted by Crippen LogP contribution is 2.39. The smallest absolute Gasteiger partial charge is 0.353 e. The van der Waals surface area contributed by atoms with Crippen LogP contribution in [0.2, 0.25) is 0 Å². The third-order valence-corrected chi connectivity index (χ3v) is 4.37. The number of aromatic nitrogens is 5. The van der Waals surface area contributed by atoms with Gasteiger partial charge in [-0.05, 0) is 17.8 Å². The first-order valence-electron chi connectivity index (χ1n) is 8.27. The lowest BCUT2D eigenvalue weighted by molar-refractivity contribution is -0.380. The molecule has 28 heavy (non-hydrogen) atoms. The molecule has 3 heterocycles. The summed E-state index contributed by atoms with van der Waals surface area (Å²) < 4.78 is 51.2. The lowest BCUT2D eigenvalue weighted by atomic mass is 10.2. The number of alkyl halides is 3. The van der Waals surface area contributed by atoms with Gasteiger partial charge in [-0.25, -0.2) is 19.3 Å². The van der Waals surface area contributed by atoms with Gasteiger partial charge >= 0.3 is 6.18 Å². The minimum atomic E-state index is -4.53. The highest BCUT2D eigenvalue weighted by molar-refractivity contribution is 5.93. The number of halogens is 4. The fourth-order valence-electron chi connectivity index (χ4n) is 2.78. The van der Waals surface area contributed by atoms with Gasteiger partial charge in [-0.2, -0.15) is 13.2 Å². The molecule has 0 unspecified atom stereocenters. The maximum absolute atomic E-state index is 14.2. The molecular formula is C16H14F4N7O+. The second-order valence-corrected chi connectivity index (χ2v) is 6.43. The molecular weight excluding hydrogens is 382 g/mol. The van der Waals surface area contributed by atoms with E-state index >= 15 is 0 Å². The van der Waals surface area contributed by atoms with Gasteiger partial charge in [0.05, 0.1) is 17.1 Å². The molecule has 3 aromatic heterocycles. The van der Waals surface area contributed by atoms with E-state index in [0.717, 1.165) is 6.20 Å². The molecule has 0 bridgehead atoms. The number of aromatic amines is 2. The number of fused-ring (bicyclic) bond motifs is 1. The Morgan fingerprint density at radius 3 is 2.82 bits per heavy atom. The normalized spacial score (nSPS) is 15.4. The lowest BCUT2D eigenvalue weighted by Gasteiger charge is -2.19. The summed E-state index contributed by atoms with van der Waals surface area (Å²) in [4.78, 5) is 30.1. The molecule has 3 aromatic rings. The standard InChI is InChI=1S/C16H13F4N7O/c17-10-5-23-12(9-4-22-11-8(9)3-21-7-25-11)26-13(10)27-15(1-2-15)14(28)24-6-16(18,19)20/h3-5,7H,1-2,6H2,(H,24,28)(H,21,22,25)(H,23,26,27)/p+1. The maximum atomic E-state index is 14.2. The molecule has 8 nitrogen and oxygen atoms in total. The maximum Gasteiger partial charge on any atom is 0.405 e. The first kappa shape index (κ1) is 18.1. The number of amides is 1. The quantitative estimate of drug-likeness (QED) is 0.568. The Balaban J connectivity index is 1.59. The number of H-pyrrole nitrogens is 2. The first-order valence-corrected chi connectivity index (χ1v) is 8.27. The highest BCUT2D eigenvalue weighted by atomic mass is 19.4. The summed E-state index contributed by atoms with van der Waals surface area (Å²) in [5.74, 6) is -1.76. The Bertz CT molecular complexity index is 1040. The van der Waals surface area contributed by atoms with Crippen molar-refractivity contribution in [3.63, 3.8) is 0 Å². The Morgan fingerprint density at radius 2 is 2.11 bits per heavy atom. The zero-order valence-electron chi connectivity index (χ0n) is 14.2. The van der Waals surface area contributed by atoms with Crippen LogP contribution in [-0.2, 0) is 4.79 Å². The molecule has 146 valence electrons. The lowest BCUT2D eigenvalue weighted by Crippen LogP contribution is -2.45. The van der Waals surface area contributed by atoms with Crippen molar-refractivity contribution < 1.29 is 27.3 Å². The van der Waals surface area contributed by atoms with Gasteiger partial charge in [0, 0.05) is 6.20 Å². The van der Waals surface area contributed by atoms with Gasteiger partial charge < -0.3 is 15.6 Å². The Morgan fingerprint density at radius 1 is 1.32 bits per heavy atom. The van der Waals surface area contributed by atoms with Gasteiger partial charge in [0.1, 0.15) is 18.3 Å². The number of nitrogens with one attached hydrogen (secondary N) is 4. The topological polar surface area (TPSA) is 110 Å². The van der Waals surface area contributed by atoms with Gasteiger partial charge in [0.15, 0.2) is 17.5 Å². The minimum Gasteiger partial charge on any atom is -0.353 e. The van der Waals surface area contributed by atoms with Crippen LogP contribution in [-0.4, -0.2) is 44.1 Å². The van der Waals surface area contributed by atoms with Gasteiger partial charge in [-0.1, -0.05) is 0 Å². The van der Waals surface area contributed by atoms with E-state index in [2.05, 4.69) is 30.2 Å². The fourth-order valence-corrected chi connectivity index (χ4v) is 2.78. The third kappa shape index (κ3) is 3.44. The number of hydrogen-bond acceptors (Lipinski definition) is 5. The summed E-state index contributed by atoms with van der Waals surface area (Å²) in [5.41, 5.74) is -0.192. The Labute approximate surface area is 154 Å². The van der Waals surface area contributed by atoms with Crippen molar-refractivity contribution in [2.75, 3.05) is 11.9 Å². The number of carbonyl (C=O) groups excluding carboxylic acids is 1. The van der Waals surface area contributed by atoms with E-state index in [1.54, 1.807) is 12.4 Å². The van der Waals surface area contributed by atoms with Gasteiger partial charge in [0.25, 0.3) is 12.0 Å². The van der Waals surface area contributed by atoms with Crippen molar-refractivity contribution in [2.45, 2.75) is 24.6 Å². The van der Waals surface area contributed by atoms with Crippen molar-refractivity contribution in [1.82, 2.24) is 25.3 Å². The molecule has 0 atom stereocenters. The van der Waals surface area contributed by atoms with Crippen molar-refractivity contribution in [3.05, 3.63) is 30.7 Å². The molecule has 0 spiro atoms. The molecule has 1 fully saturated rings. The van der Waals surface area contributed by atoms with Crippen LogP contribution in [0.4, 0.5) is 23.4 Å². The second kappa shape index (κ2) is 6.39. The number of hydrogen-bond donors (Lipinski definition) is 3. The highest BCUT2D eigenvalue weighted by Gasteiger charge is 2.51. The summed E-state index contributed by atoms with van der Waals surface area (Å²) >= 11 is 0. The van der Waals surface area contributed by atoms with E-state index in [0.29, 0.717) is 16.6 Å². The van der Waals surface area contributed by atoms with Crippen molar-refractivity contribution >= 4 is 22.8 Å². The Kier molecular flexibility index (Phi) is 4.12. The SMILES string of the molecule is O=C(NCC(F)(F)F)C1(Nc2nc(-c3c[nH]c4nc[nH+]cc34)ncc2F)CC1. The fraction of sp³-hybridized carbons (Fsp3) is 0.312. The number of anilines is 1. The molecule has 1 saturated carbocycles. The van der Waals surface area contributed by atoms with Crippen LogP contribution in [0, 0.1) is 5.82 Å². The summed E-state index contributed by atoms with van der Waals surface area (Å²) in [7, 11) is 0. The third-order valence-electron chi connectivity index (χ3n) is 4.37. The van der Waals surface area contributed by atoms with Gasteiger partial charge in [0.2, 0.25) is 5.91 Å². The zero-order valence-corrected chi connectivity index (χ0v) is 14.2. The molecule has 1 aliphatic carbocycles. The van der Waals surface area contributed by atoms with Crippen LogP contribution in [0.3, 0.4) is 0 Å². The average Bonchev–Trinajstić information content (AvgIpc) is 3.31. The van der Waals surface area contributed by atoms with Gasteiger partial charge in [-0.3, -0.25) is 4.79 Å². The van der Waals surface area contributed by atoms with E-state index in [-0.39, 0.29) is 24.5 Å². The molecule has 1 aliphatic rings. The van der Waals surface area contributed by atoms with Crippen molar-refractivity contribution in [1.29, 1.82) is 0 Å². The van der Waals surface area contributed by atoms with E-state index in [9.17, 15) is 22.4 Å². The van der Waals surface area contributed by atoms with Crippen LogP contribution >= 0.6 is 0 Å². The van der Waals surface area contributed by atoms with E-state index < -0.39 is 30.0 Å². The molecule has 1 amide bonds. The molecule has 0 aromatic carbocycles. The van der Waals surface area contributed by atoms with E-state index in [1.807, 2.05) is 5.32 Å².